The van der Waals surface area contributed by atoms with E-state index in [0.29, 0.717) is 16.7 Å². The van der Waals surface area contributed by atoms with Crippen molar-refractivity contribution in [2.45, 2.75) is 11.8 Å². The van der Waals surface area contributed by atoms with Crippen molar-refractivity contribution in [3.05, 3.63) is 95.1 Å². The van der Waals surface area contributed by atoms with E-state index in [2.05, 4.69) is 0 Å². The summed E-state index contributed by atoms with van der Waals surface area (Å²) in [4.78, 5) is 27.8. The van der Waals surface area contributed by atoms with Crippen molar-refractivity contribution in [1.29, 1.82) is 0 Å². The van der Waals surface area contributed by atoms with Crippen LogP contribution in [0.15, 0.2) is 72.8 Å². The number of esters is 2. The Balaban J connectivity index is 1.63. The zero-order valence-electron chi connectivity index (χ0n) is 21.5. The predicted octanol–water partition coefficient (Wildman–Crippen LogP) is 4.26. The highest BCUT2D eigenvalue weighted by molar-refractivity contribution is 5.91. The average molecular weight is 557 g/mol. The molecule has 2 aliphatic heterocycles. The van der Waals surface area contributed by atoms with Gasteiger partial charge >= 0.3 is 11.9 Å². The van der Waals surface area contributed by atoms with Crippen molar-refractivity contribution in [3.63, 3.8) is 0 Å². The van der Waals surface area contributed by atoms with Gasteiger partial charge in [-0.1, -0.05) is 24.3 Å². The number of rotatable bonds is 4. The molecule has 0 bridgehead atoms. The first-order valence-corrected chi connectivity index (χ1v) is 12.6. The largest absolute Gasteiger partial charge is 0.508 e. The number of carbonyl (C=O) groups is 2. The fraction of sp³-hybridized carbons (Fsp3) is 0.161. The molecule has 10 nitrogen and oxygen atoms in total. The highest BCUT2D eigenvalue weighted by Gasteiger charge is 2.54. The second-order valence-electron chi connectivity index (χ2n) is 9.97. The summed E-state index contributed by atoms with van der Waals surface area (Å²) in [6, 6.07) is 17.0. The van der Waals surface area contributed by atoms with Crippen LogP contribution in [0.25, 0.3) is 0 Å². The van der Waals surface area contributed by atoms with Crippen molar-refractivity contribution >= 4 is 11.9 Å². The third-order valence-corrected chi connectivity index (χ3v) is 7.61. The van der Waals surface area contributed by atoms with E-state index in [1.54, 1.807) is 24.3 Å². The summed E-state index contributed by atoms with van der Waals surface area (Å²) in [6.45, 7) is 0. The molecular weight excluding hydrogens is 532 g/mol. The van der Waals surface area contributed by atoms with E-state index < -0.39 is 35.6 Å². The van der Waals surface area contributed by atoms with Gasteiger partial charge in [0.05, 0.1) is 18.9 Å². The molecule has 4 aromatic carbocycles. The Morgan fingerprint density at radius 3 is 1.51 bits per heavy atom. The smallest absolute Gasteiger partial charge is 0.316 e. The number of ether oxygens (including phenoxy) is 3. The lowest BCUT2D eigenvalue weighted by Gasteiger charge is -2.41. The number of aromatic hydroxyl groups is 5. The van der Waals surface area contributed by atoms with Gasteiger partial charge in [-0.15, -0.1) is 0 Å². The molecule has 0 amide bonds. The summed E-state index contributed by atoms with van der Waals surface area (Å²) in [7, 11) is 1.39. The molecular formula is C31H24O10. The molecule has 0 radical (unpaired) electrons. The van der Waals surface area contributed by atoms with Gasteiger partial charge in [-0.05, 0) is 35.4 Å². The SMILES string of the molecule is COc1cc(O)cc2c1[C@@H](c1ccc(O)cc1)[C@@H]([C@H]1C(=O)Oc3cc(O)cc(O)c3[C@H]1c1ccc(O)cc1)C(=O)O2. The van der Waals surface area contributed by atoms with Crippen molar-refractivity contribution < 1.29 is 49.3 Å². The predicted molar refractivity (Wildman–Crippen MR) is 143 cm³/mol. The minimum atomic E-state index is -1.28. The van der Waals surface area contributed by atoms with E-state index in [4.69, 9.17) is 14.2 Å². The Kier molecular flexibility index (Phi) is 6.10. The van der Waals surface area contributed by atoms with E-state index in [9.17, 15) is 35.1 Å². The van der Waals surface area contributed by atoms with Crippen molar-refractivity contribution in [3.8, 4) is 46.0 Å². The average Bonchev–Trinajstić information content (AvgIpc) is 2.92. The molecule has 0 aliphatic carbocycles. The molecule has 6 rings (SSSR count). The standard InChI is InChI=1S/C31H24O10/c1-39-21-11-19(35)13-23-27(21)25(15-4-8-17(33)9-5-15)29(31(38)41-23)28-24(14-2-6-16(32)7-3-14)26-20(36)10-18(34)12-22(26)40-30(28)37/h2-13,24-25,28-29,32-36H,1H3/t24-,25-,28+,29+/m1/s1. The zero-order valence-corrected chi connectivity index (χ0v) is 21.5. The number of phenols is 5. The van der Waals surface area contributed by atoms with Gasteiger partial charge in [0.25, 0.3) is 0 Å². The molecule has 208 valence electrons. The second-order valence-corrected chi connectivity index (χ2v) is 9.97. The molecule has 41 heavy (non-hydrogen) atoms. The summed E-state index contributed by atoms with van der Waals surface area (Å²) >= 11 is 0. The van der Waals surface area contributed by atoms with Crippen LogP contribution >= 0.6 is 0 Å². The maximum atomic E-state index is 13.9. The molecule has 0 spiro atoms. The van der Waals surface area contributed by atoms with E-state index in [-0.39, 0.29) is 51.6 Å². The van der Waals surface area contributed by atoms with Crippen LogP contribution in [-0.2, 0) is 9.59 Å². The molecule has 10 heteroatoms. The van der Waals surface area contributed by atoms with Gasteiger partial charge in [-0.25, -0.2) is 0 Å². The number of hydrogen-bond acceptors (Lipinski definition) is 10. The van der Waals surface area contributed by atoms with Crippen molar-refractivity contribution in [1.82, 2.24) is 0 Å². The van der Waals surface area contributed by atoms with Gasteiger partial charge in [0.1, 0.15) is 46.0 Å². The molecule has 4 atom stereocenters. The number of carbonyl (C=O) groups excluding carboxylic acids is 2. The summed E-state index contributed by atoms with van der Waals surface area (Å²) in [5.74, 6) is -6.76. The van der Waals surface area contributed by atoms with Crippen LogP contribution in [0.4, 0.5) is 0 Å². The molecule has 0 fully saturated rings. The Bertz CT molecular complexity index is 1680. The minimum absolute atomic E-state index is 0.0146. The first kappa shape index (κ1) is 25.9. The lowest BCUT2D eigenvalue weighted by molar-refractivity contribution is -0.154. The number of hydrogen-bond donors (Lipinski definition) is 5. The summed E-state index contributed by atoms with van der Waals surface area (Å²) in [6.07, 6.45) is 0. The van der Waals surface area contributed by atoms with Crippen LogP contribution in [0.3, 0.4) is 0 Å². The number of fused-ring (bicyclic) bond motifs is 2. The van der Waals surface area contributed by atoms with Gasteiger partial charge in [-0.2, -0.15) is 0 Å². The molecule has 0 saturated carbocycles. The van der Waals surface area contributed by atoms with Gasteiger partial charge in [-0.3, -0.25) is 9.59 Å². The van der Waals surface area contributed by atoms with E-state index in [0.717, 1.165) is 6.07 Å². The number of benzene rings is 4. The number of phenolic OH excluding ortho intramolecular Hbond substituents is 5. The summed E-state index contributed by atoms with van der Waals surface area (Å²) in [5.41, 5.74) is 1.57. The normalized spacial score (nSPS) is 21.3. The van der Waals surface area contributed by atoms with Gasteiger partial charge in [0.2, 0.25) is 0 Å². The maximum Gasteiger partial charge on any atom is 0.316 e. The van der Waals surface area contributed by atoms with Crippen LogP contribution in [0.5, 0.6) is 46.0 Å². The molecule has 0 aromatic heterocycles. The lowest BCUT2D eigenvalue weighted by atomic mass is 9.65. The first-order valence-electron chi connectivity index (χ1n) is 12.6. The van der Waals surface area contributed by atoms with Gasteiger partial charge in [0, 0.05) is 47.2 Å². The third-order valence-electron chi connectivity index (χ3n) is 7.61. The Labute approximate surface area is 233 Å². The quantitative estimate of drug-likeness (QED) is 0.181. The highest BCUT2D eigenvalue weighted by Crippen LogP contribution is 2.57. The third kappa shape index (κ3) is 4.29. The van der Waals surface area contributed by atoms with E-state index >= 15 is 0 Å². The molecule has 0 unspecified atom stereocenters. The highest BCUT2D eigenvalue weighted by atomic mass is 16.5. The Hall–Kier alpha value is -5.38. The lowest BCUT2D eigenvalue weighted by Crippen LogP contribution is -2.46. The summed E-state index contributed by atoms with van der Waals surface area (Å²) < 4.78 is 16.9. The van der Waals surface area contributed by atoms with Crippen molar-refractivity contribution in [2.24, 2.45) is 11.8 Å². The number of methoxy groups -OCH3 is 1. The minimum Gasteiger partial charge on any atom is -0.508 e. The zero-order chi connectivity index (χ0) is 29.0. The fourth-order valence-electron chi connectivity index (χ4n) is 5.95. The molecule has 0 saturated heterocycles. The van der Waals surface area contributed by atoms with Crippen LogP contribution in [-0.4, -0.2) is 44.6 Å². The Morgan fingerprint density at radius 1 is 0.585 bits per heavy atom. The monoisotopic (exact) mass is 556 g/mol. The van der Waals surface area contributed by atoms with Gasteiger partial charge < -0.3 is 39.7 Å². The Morgan fingerprint density at radius 2 is 1.02 bits per heavy atom. The van der Waals surface area contributed by atoms with Crippen molar-refractivity contribution in [2.75, 3.05) is 7.11 Å². The summed E-state index contributed by atoms with van der Waals surface area (Å²) in [5, 5.41) is 51.3. The van der Waals surface area contributed by atoms with Gasteiger partial charge in [0.15, 0.2) is 0 Å². The first-order chi connectivity index (χ1) is 19.7. The van der Waals surface area contributed by atoms with Crippen LogP contribution < -0.4 is 14.2 Å². The molecule has 4 aromatic rings. The van der Waals surface area contributed by atoms with E-state index in [1.165, 1.54) is 49.6 Å². The molecule has 2 aliphatic rings. The topological polar surface area (TPSA) is 163 Å². The van der Waals surface area contributed by atoms with E-state index in [1.807, 2.05) is 0 Å². The van der Waals surface area contributed by atoms with Crippen LogP contribution in [0.1, 0.15) is 34.1 Å². The van der Waals surface area contributed by atoms with Crippen LogP contribution in [0.2, 0.25) is 0 Å². The fourth-order valence-corrected chi connectivity index (χ4v) is 5.95. The van der Waals surface area contributed by atoms with Crippen LogP contribution in [0, 0.1) is 11.8 Å². The second kappa shape index (κ2) is 9.67. The molecule has 5 N–H and O–H groups in total. The maximum absolute atomic E-state index is 13.9. The molecule has 2 heterocycles.